The molecule has 2 fully saturated rings. The number of hydrogen-bond acceptors (Lipinski definition) is 5. The second-order valence-corrected chi connectivity index (χ2v) is 4.48. The summed E-state index contributed by atoms with van der Waals surface area (Å²) >= 11 is 0. The first-order chi connectivity index (χ1) is 7.83. The summed E-state index contributed by atoms with van der Waals surface area (Å²) in [5, 5.41) is 14.1. The molecule has 2 aliphatic rings. The molecule has 7 nitrogen and oxygen atoms in total. The number of aromatic nitrogens is 4. The predicted octanol–water partition coefficient (Wildman–Crippen LogP) is -1.23. The maximum Gasteiger partial charge on any atom is 0.244 e. The molecule has 17 heavy (non-hydrogen) atoms. The standard InChI is InChI=1S/C9H14N6O.ClH/c16-9(5-15-6-11-12-13-15)14-3-7-1-10-2-8(7)4-14;/h6-8,10H,1-5H2;1H/t7-,8+;. The Morgan fingerprint density at radius 3 is 2.65 bits per heavy atom. The van der Waals surface area contributed by atoms with Crippen molar-refractivity contribution >= 4 is 18.3 Å². The topological polar surface area (TPSA) is 75.9 Å². The van der Waals surface area contributed by atoms with Gasteiger partial charge in [-0.05, 0) is 22.3 Å². The lowest BCUT2D eigenvalue weighted by molar-refractivity contribution is -0.131. The van der Waals surface area contributed by atoms with Crippen LogP contribution in [0.1, 0.15) is 0 Å². The number of carbonyl (C=O) groups excluding carboxylic acids is 1. The Kier molecular flexibility index (Phi) is 3.58. The fourth-order valence-corrected chi connectivity index (χ4v) is 2.55. The van der Waals surface area contributed by atoms with Crippen molar-refractivity contribution in [3.63, 3.8) is 0 Å². The van der Waals surface area contributed by atoms with E-state index in [9.17, 15) is 4.79 Å². The molecule has 0 spiro atoms. The first-order valence-corrected chi connectivity index (χ1v) is 5.52. The number of nitrogens with one attached hydrogen (secondary N) is 1. The van der Waals surface area contributed by atoms with Crippen molar-refractivity contribution in [3.8, 4) is 0 Å². The number of carbonyl (C=O) groups is 1. The van der Waals surface area contributed by atoms with Crippen molar-refractivity contribution in [1.82, 2.24) is 30.4 Å². The van der Waals surface area contributed by atoms with E-state index < -0.39 is 0 Å². The molecule has 0 aromatic carbocycles. The van der Waals surface area contributed by atoms with E-state index in [1.165, 1.54) is 11.0 Å². The van der Waals surface area contributed by atoms with Crippen molar-refractivity contribution in [2.45, 2.75) is 6.54 Å². The molecule has 2 atom stereocenters. The van der Waals surface area contributed by atoms with Gasteiger partial charge in [-0.25, -0.2) is 4.68 Å². The van der Waals surface area contributed by atoms with Crippen LogP contribution in [0.4, 0.5) is 0 Å². The molecule has 0 bridgehead atoms. The monoisotopic (exact) mass is 258 g/mol. The molecule has 3 heterocycles. The van der Waals surface area contributed by atoms with E-state index >= 15 is 0 Å². The maximum absolute atomic E-state index is 11.9. The van der Waals surface area contributed by atoms with Crippen LogP contribution in [-0.2, 0) is 11.3 Å². The van der Waals surface area contributed by atoms with E-state index in [1.54, 1.807) is 0 Å². The summed E-state index contributed by atoms with van der Waals surface area (Å²) in [5.41, 5.74) is 0. The number of tetrazole rings is 1. The number of rotatable bonds is 2. The van der Waals surface area contributed by atoms with Crippen LogP contribution in [-0.4, -0.2) is 57.2 Å². The van der Waals surface area contributed by atoms with E-state index in [0.29, 0.717) is 11.8 Å². The second-order valence-electron chi connectivity index (χ2n) is 4.48. The van der Waals surface area contributed by atoms with Gasteiger partial charge < -0.3 is 10.2 Å². The third-order valence-corrected chi connectivity index (χ3v) is 3.43. The minimum atomic E-state index is 0. The van der Waals surface area contributed by atoms with Crippen molar-refractivity contribution in [2.75, 3.05) is 26.2 Å². The fourth-order valence-electron chi connectivity index (χ4n) is 2.55. The molecule has 1 amide bonds. The molecule has 1 aromatic rings. The van der Waals surface area contributed by atoms with E-state index in [-0.39, 0.29) is 24.9 Å². The Morgan fingerprint density at radius 2 is 2.06 bits per heavy atom. The lowest BCUT2D eigenvalue weighted by Crippen LogP contribution is -2.34. The summed E-state index contributed by atoms with van der Waals surface area (Å²) in [7, 11) is 0. The SMILES string of the molecule is Cl.O=C(Cn1cnnn1)N1C[C@H]2CNC[C@H]2C1. The number of fused-ring (bicyclic) bond motifs is 1. The summed E-state index contributed by atoms with van der Waals surface area (Å²) in [4.78, 5) is 13.9. The average molecular weight is 259 g/mol. The molecule has 0 radical (unpaired) electrons. The molecule has 0 unspecified atom stereocenters. The smallest absolute Gasteiger partial charge is 0.244 e. The van der Waals surface area contributed by atoms with Crippen LogP contribution in [0.3, 0.4) is 0 Å². The highest BCUT2D eigenvalue weighted by Gasteiger charge is 2.37. The van der Waals surface area contributed by atoms with Gasteiger partial charge in [0.1, 0.15) is 12.9 Å². The van der Waals surface area contributed by atoms with Crippen LogP contribution >= 0.6 is 12.4 Å². The fraction of sp³-hybridized carbons (Fsp3) is 0.778. The van der Waals surface area contributed by atoms with Crippen molar-refractivity contribution in [1.29, 1.82) is 0 Å². The summed E-state index contributed by atoms with van der Waals surface area (Å²) in [6.07, 6.45) is 1.47. The van der Waals surface area contributed by atoms with Crippen LogP contribution in [0.25, 0.3) is 0 Å². The molecule has 1 aromatic heterocycles. The van der Waals surface area contributed by atoms with Crippen LogP contribution < -0.4 is 5.32 Å². The van der Waals surface area contributed by atoms with E-state index in [2.05, 4.69) is 20.8 Å². The van der Waals surface area contributed by atoms with Gasteiger partial charge in [-0.3, -0.25) is 4.79 Å². The highest BCUT2D eigenvalue weighted by molar-refractivity contribution is 5.85. The van der Waals surface area contributed by atoms with Crippen LogP contribution in [0, 0.1) is 11.8 Å². The van der Waals surface area contributed by atoms with Crippen LogP contribution in [0.2, 0.25) is 0 Å². The Hall–Kier alpha value is -1.21. The second kappa shape index (κ2) is 4.97. The first kappa shape index (κ1) is 12.3. The molecule has 2 saturated heterocycles. The van der Waals surface area contributed by atoms with Gasteiger partial charge in [0.15, 0.2) is 0 Å². The van der Waals surface area contributed by atoms with Crippen molar-refractivity contribution in [2.24, 2.45) is 11.8 Å². The van der Waals surface area contributed by atoms with Gasteiger partial charge in [0.05, 0.1) is 0 Å². The minimum Gasteiger partial charge on any atom is -0.340 e. The van der Waals surface area contributed by atoms with Gasteiger partial charge in [-0.1, -0.05) is 0 Å². The molecule has 3 rings (SSSR count). The van der Waals surface area contributed by atoms with Gasteiger partial charge in [0.2, 0.25) is 5.91 Å². The number of amides is 1. The van der Waals surface area contributed by atoms with E-state index in [1.807, 2.05) is 4.90 Å². The van der Waals surface area contributed by atoms with E-state index in [0.717, 1.165) is 26.2 Å². The molecule has 94 valence electrons. The quantitative estimate of drug-likeness (QED) is 0.719. The van der Waals surface area contributed by atoms with Crippen LogP contribution in [0.15, 0.2) is 6.33 Å². The number of hydrogen-bond donors (Lipinski definition) is 1. The van der Waals surface area contributed by atoms with Crippen molar-refractivity contribution < 1.29 is 4.79 Å². The lowest BCUT2D eigenvalue weighted by atomic mass is 10.0. The van der Waals surface area contributed by atoms with Gasteiger partial charge >= 0.3 is 0 Å². The van der Waals surface area contributed by atoms with Crippen molar-refractivity contribution in [3.05, 3.63) is 6.33 Å². The lowest BCUT2D eigenvalue weighted by Gasteiger charge is -2.16. The largest absolute Gasteiger partial charge is 0.340 e. The van der Waals surface area contributed by atoms with Gasteiger partial charge in [-0.15, -0.1) is 17.5 Å². The van der Waals surface area contributed by atoms with Gasteiger partial charge in [0, 0.05) is 26.2 Å². The Bertz CT molecular complexity index is 371. The zero-order valence-corrected chi connectivity index (χ0v) is 10.1. The maximum atomic E-state index is 11.9. The van der Waals surface area contributed by atoms with E-state index in [4.69, 9.17) is 0 Å². The molecule has 2 aliphatic heterocycles. The summed E-state index contributed by atoms with van der Waals surface area (Å²) in [6.45, 7) is 4.08. The molecular formula is C9H15ClN6O. The van der Waals surface area contributed by atoms with Gasteiger partial charge in [0.25, 0.3) is 0 Å². The highest BCUT2D eigenvalue weighted by atomic mass is 35.5. The normalized spacial score (nSPS) is 26.7. The summed E-state index contributed by atoms with van der Waals surface area (Å²) < 4.78 is 1.47. The molecule has 8 heteroatoms. The molecule has 1 N–H and O–H groups in total. The number of halogens is 1. The average Bonchev–Trinajstić information content (AvgIpc) is 2.91. The number of nitrogens with zero attached hydrogens (tertiary/aromatic N) is 5. The number of likely N-dealkylation sites (tertiary alicyclic amines) is 1. The van der Waals surface area contributed by atoms with Crippen LogP contribution in [0.5, 0.6) is 0 Å². The zero-order valence-electron chi connectivity index (χ0n) is 9.32. The minimum absolute atomic E-state index is 0. The summed E-state index contributed by atoms with van der Waals surface area (Å²) in [5.74, 6) is 1.39. The first-order valence-electron chi connectivity index (χ1n) is 5.52. The third-order valence-electron chi connectivity index (χ3n) is 3.43. The Labute approximate surface area is 105 Å². The third kappa shape index (κ3) is 2.39. The Morgan fingerprint density at radius 1 is 1.35 bits per heavy atom. The molecule has 0 saturated carbocycles. The molecular weight excluding hydrogens is 244 g/mol. The molecule has 0 aliphatic carbocycles. The Balaban J connectivity index is 0.00000108. The zero-order chi connectivity index (χ0) is 11.0. The van der Waals surface area contributed by atoms with Gasteiger partial charge in [-0.2, -0.15) is 0 Å². The highest BCUT2D eigenvalue weighted by Crippen LogP contribution is 2.26. The predicted molar refractivity (Wildman–Crippen MR) is 61.5 cm³/mol. The summed E-state index contributed by atoms with van der Waals surface area (Å²) in [6, 6.07) is 0.